The molecule has 4 rings (SSSR count). The molecule has 2 aliphatic heterocycles. The van der Waals surface area contributed by atoms with Crippen molar-refractivity contribution in [1.82, 2.24) is 19.7 Å². The molecule has 0 bridgehead atoms. The fourth-order valence-corrected chi connectivity index (χ4v) is 4.19. The normalized spacial score (nSPS) is 21.9. The van der Waals surface area contributed by atoms with Crippen molar-refractivity contribution in [3.63, 3.8) is 0 Å². The molecule has 184 valence electrons. The average molecular weight is 481 g/mol. The molecule has 3 atom stereocenters. The highest BCUT2D eigenvalue weighted by Crippen LogP contribution is 2.36. The summed E-state index contributed by atoms with van der Waals surface area (Å²) < 4.78 is 45.5. The van der Waals surface area contributed by atoms with Crippen molar-refractivity contribution >= 4 is 5.97 Å². The van der Waals surface area contributed by atoms with Crippen LogP contribution in [-0.2, 0) is 23.1 Å². The number of likely N-dealkylation sites (tertiary alicyclic amines) is 1. The summed E-state index contributed by atoms with van der Waals surface area (Å²) in [6, 6.07) is 7.70. The molecule has 0 aromatic carbocycles. The smallest absolute Gasteiger partial charge is 0.478 e. The Labute approximate surface area is 194 Å². The van der Waals surface area contributed by atoms with Gasteiger partial charge in [0.1, 0.15) is 6.07 Å². The Balaban J connectivity index is 0.000000406. The van der Waals surface area contributed by atoms with E-state index in [1.165, 1.54) is 5.69 Å². The Kier molecular flexibility index (Phi) is 8.11. The number of alkyl halides is 3. The molecule has 2 saturated heterocycles. The number of hydrogen-bond acceptors (Lipinski definition) is 7. The molecule has 9 nitrogen and oxygen atoms in total. The predicted molar refractivity (Wildman–Crippen MR) is 113 cm³/mol. The lowest BCUT2D eigenvalue weighted by atomic mass is 9.91. The Hall–Kier alpha value is -3.17. The molecular weight excluding hydrogens is 455 g/mol. The van der Waals surface area contributed by atoms with Gasteiger partial charge in [-0.25, -0.2) is 9.78 Å². The number of hydrogen-bond donors (Lipinski definition) is 1. The summed E-state index contributed by atoms with van der Waals surface area (Å²) in [6.45, 7) is 6.45. The van der Waals surface area contributed by atoms with E-state index < -0.39 is 12.1 Å². The zero-order valence-corrected chi connectivity index (χ0v) is 18.8. The van der Waals surface area contributed by atoms with Gasteiger partial charge in [0.25, 0.3) is 0 Å². The van der Waals surface area contributed by atoms with E-state index in [1.807, 2.05) is 18.7 Å². The minimum Gasteiger partial charge on any atom is -0.478 e. The molecule has 0 saturated carbocycles. The third kappa shape index (κ3) is 6.68. The van der Waals surface area contributed by atoms with E-state index in [0.717, 1.165) is 38.4 Å². The summed E-state index contributed by atoms with van der Waals surface area (Å²) in [6.07, 6.45) is -2.25. The highest BCUT2D eigenvalue weighted by atomic mass is 19.4. The predicted octanol–water partition coefficient (Wildman–Crippen LogP) is 2.54. The van der Waals surface area contributed by atoms with Gasteiger partial charge in [0, 0.05) is 44.9 Å². The van der Waals surface area contributed by atoms with Gasteiger partial charge in [-0.3, -0.25) is 9.58 Å². The molecule has 0 radical (unpaired) electrons. The molecule has 2 aromatic heterocycles. The number of fused-ring (bicyclic) bond motifs is 1. The van der Waals surface area contributed by atoms with Gasteiger partial charge < -0.3 is 14.6 Å². The number of rotatable bonds is 6. The number of nitriles is 1. The Morgan fingerprint density at radius 1 is 1.38 bits per heavy atom. The second-order valence-corrected chi connectivity index (χ2v) is 8.33. The highest BCUT2D eigenvalue weighted by Gasteiger charge is 2.43. The van der Waals surface area contributed by atoms with E-state index in [-0.39, 0.29) is 0 Å². The Morgan fingerprint density at radius 3 is 2.68 bits per heavy atom. The number of aliphatic carboxylic acids is 1. The van der Waals surface area contributed by atoms with Crippen LogP contribution < -0.4 is 4.74 Å². The second-order valence-electron chi connectivity index (χ2n) is 8.33. The van der Waals surface area contributed by atoms with Crippen molar-refractivity contribution in [3.8, 4) is 11.9 Å². The Bertz CT molecular complexity index is 1020. The molecule has 0 unspecified atom stereocenters. The molecule has 0 spiro atoms. The van der Waals surface area contributed by atoms with Gasteiger partial charge in [-0.1, -0.05) is 0 Å². The van der Waals surface area contributed by atoms with E-state index in [1.54, 1.807) is 18.3 Å². The minimum atomic E-state index is -5.08. The van der Waals surface area contributed by atoms with E-state index in [9.17, 15) is 13.2 Å². The van der Waals surface area contributed by atoms with Crippen molar-refractivity contribution in [2.75, 3.05) is 26.3 Å². The van der Waals surface area contributed by atoms with Gasteiger partial charge >= 0.3 is 12.1 Å². The lowest BCUT2D eigenvalue weighted by molar-refractivity contribution is -0.192. The second kappa shape index (κ2) is 10.8. The van der Waals surface area contributed by atoms with Crippen LogP contribution in [0.4, 0.5) is 13.2 Å². The first-order chi connectivity index (χ1) is 16.1. The van der Waals surface area contributed by atoms with Crippen LogP contribution in [0.3, 0.4) is 0 Å². The summed E-state index contributed by atoms with van der Waals surface area (Å²) in [5.74, 6) is -1.10. The quantitative estimate of drug-likeness (QED) is 0.670. The first-order valence-electron chi connectivity index (χ1n) is 10.7. The van der Waals surface area contributed by atoms with Crippen molar-refractivity contribution in [2.45, 2.75) is 32.2 Å². The van der Waals surface area contributed by atoms with Gasteiger partial charge in [-0.2, -0.15) is 23.5 Å². The number of pyridine rings is 1. The molecule has 34 heavy (non-hydrogen) atoms. The molecular formula is C22H26F3N5O4. The third-order valence-electron chi connectivity index (χ3n) is 5.85. The first kappa shape index (κ1) is 25.5. The minimum absolute atomic E-state index is 0.331. The van der Waals surface area contributed by atoms with Gasteiger partial charge in [0.2, 0.25) is 5.88 Å². The van der Waals surface area contributed by atoms with Crippen LogP contribution in [0.25, 0.3) is 0 Å². The molecule has 2 aliphatic rings. The van der Waals surface area contributed by atoms with Crippen molar-refractivity contribution < 1.29 is 32.5 Å². The van der Waals surface area contributed by atoms with Crippen molar-refractivity contribution in [1.29, 1.82) is 5.26 Å². The largest absolute Gasteiger partial charge is 0.490 e. The number of aryl methyl sites for hydroxylation is 2. The monoisotopic (exact) mass is 481 g/mol. The van der Waals surface area contributed by atoms with Crippen LogP contribution in [0.2, 0.25) is 0 Å². The van der Waals surface area contributed by atoms with Crippen LogP contribution in [-0.4, -0.2) is 69.3 Å². The Morgan fingerprint density at radius 2 is 2.12 bits per heavy atom. The van der Waals surface area contributed by atoms with E-state index >= 15 is 0 Å². The van der Waals surface area contributed by atoms with Crippen molar-refractivity contribution in [3.05, 3.63) is 41.3 Å². The summed E-state index contributed by atoms with van der Waals surface area (Å²) in [7, 11) is 2.01. The van der Waals surface area contributed by atoms with E-state index in [2.05, 4.69) is 27.1 Å². The van der Waals surface area contributed by atoms with Crippen LogP contribution in [0.1, 0.15) is 23.4 Å². The molecule has 2 aromatic rings. The molecule has 12 heteroatoms. The molecule has 0 aliphatic carbocycles. The SMILES string of the molecule is Cc1cc(CN2C[C@H]3[C@@H](CCOc4ccc(C#N)cn4)CO[C@H]3C2)n(C)n1.O=C(O)C(F)(F)F. The number of halogens is 3. The zero-order valence-electron chi connectivity index (χ0n) is 18.8. The van der Waals surface area contributed by atoms with Gasteiger partial charge in [0.05, 0.1) is 36.3 Å². The number of ether oxygens (including phenoxy) is 2. The first-order valence-corrected chi connectivity index (χ1v) is 10.7. The van der Waals surface area contributed by atoms with E-state index in [0.29, 0.717) is 36.0 Å². The fourth-order valence-electron chi connectivity index (χ4n) is 4.19. The van der Waals surface area contributed by atoms with Gasteiger partial charge in [-0.15, -0.1) is 0 Å². The summed E-state index contributed by atoms with van der Waals surface area (Å²) in [4.78, 5) is 15.5. The standard InChI is InChI=1S/C20H25N5O2.C2HF3O2/c1-14-7-17(24(2)23-14)10-25-11-18-16(13-27-19(18)12-25)5-6-26-20-4-3-15(8-21)9-22-20;3-2(4,5)1(6)7/h3-4,7,9,16,18-19H,5-6,10-13H2,1-2H3;(H,6,7)/t16-,18-,19-;/m0./s1. The van der Waals surface area contributed by atoms with Crippen LogP contribution in [0.15, 0.2) is 24.4 Å². The summed E-state index contributed by atoms with van der Waals surface area (Å²) >= 11 is 0. The molecule has 1 N–H and O–H groups in total. The number of carboxylic acid groups (broad SMARTS) is 1. The molecule has 0 amide bonds. The lowest BCUT2D eigenvalue weighted by Crippen LogP contribution is -2.25. The van der Waals surface area contributed by atoms with Gasteiger partial charge in [0.15, 0.2) is 0 Å². The van der Waals surface area contributed by atoms with Gasteiger partial charge in [-0.05, 0) is 31.4 Å². The maximum atomic E-state index is 10.6. The topological polar surface area (TPSA) is 113 Å². The van der Waals surface area contributed by atoms with Crippen LogP contribution in [0.5, 0.6) is 5.88 Å². The third-order valence-corrected chi connectivity index (χ3v) is 5.85. The van der Waals surface area contributed by atoms with Crippen molar-refractivity contribution in [2.24, 2.45) is 18.9 Å². The maximum absolute atomic E-state index is 10.6. The highest BCUT2D eigenvalue weighted by molar-refractivity contribution is 5.73. The summed E-state index contributed by atoms with van der Waals surface area (Å²) in [5.41, 5.74) is 2.86. The molecule has 2 fully saturated rings. The number of nitrogens with zero attached hydrogens (tertiary/aromatic N) is 5. The maximum Gasteiger partial charge on any atom is 0.490 e. The average Bonchev–Trinajstić information content (AvgIpc) is 3.43. The zero-order chi connectivity index (χ0) is 24.9. The molecule has 4 heterocycles. The fraction of sp³-hybridized carbons (Fsp3) is 0.545. The number of carboxylic acids is 1. The number of carbonyl (C=O) groups is 1. The van der Waals surface area contributed by atoms with Crippen LogP contribution in [0, 0.1) is 30.1 Å². The lowest BCUT2D eigenvalue weighted by Gasteiger charge is -2.19. The van der Waals surface area contributed by atoms with E-state index in [4.69, 9.17) is 24.6 Å². The summed E-state index contributed by atoms with van der Waals surface area (Å²) in [5, 5.41) is 20.4. The number of aromatic nitrogens is 3. The van der Waals surface area contributed by atoms with Crippen LogP contribution >= 0.6 is 0 Å².